The number of hydrogen-bond acceptors (Lipinski definition) is 6. The molecule has 6 heteroatoms. The Morgan fingerprint density at radius 1 is 0.650 bits per heavy atom. The van der Waals surface area contributed by atoms with Crippen LogP contribution >= 0.6 is 0 Å². The molecule has 0 radical (unpaired) electrons. The van der Waals surface area contributed by atoms with Crippen LogP contribution in [0.5, 0.6) is 0 Å². The molecule has 0 aliphatic rings. The maximum atomic E-state index is 11.1. The van der Waals surface area contributed by atoms with Gasteiger partial charge in [0, 0.05) is 25.5 Å². The van der Waals surface area contributed by atoms with Crippen molar-refractivity contribution in [1.29, 1.82) is 0 Å². The molecular formula is C14H20N2O4. The summed E-state index contributed by atoms with van der Waals surface area (Å²) >= 11 is 0. The summed E-state index contributed by atoms with van der Waals surface area (Å²) < 4.78 is 0. The second-order valence-corrected chi connectivity index (χ2v) is 4.25. The highest BCUT2D eigenvalue weighted by molar-refractivity contribution is 6.18. The van der Waals surface area contributed by atoms with E-state index in [-0.39, 0.29) is 34.3 Å². The largest absolute Gasteiger partial charge is 0.388 e. The van der Waals surface area contributed by atoms with Crippen molar-refractivity contribution in [3.8, 4) is 0 Å². The average Bonchev–Trinajstić information content (AvgIpc) is 2.30. The Bertz CT molecular complexity index is 400. The summed E-state index contributed by atoms with van der Waals surface area (Å²) in [4.78, 5) is 44.5. The molecule has 0 heterocycles. The smallest absolute Gasteiger partial charge is 0.164 e. The standard InChI is InChI=1S/C14H20N2O4/c1-9(17)13(10(2)18)7-15-5-6-16-8-14(11(3)19)12(4)20/h7-8,15-16H,5-6H2,1-4H3. The van der Waals surface area contributed by atoms with Crippen LogP contribution in [0.3, 0.4) is 0 Å². The predicted molar refractivity (Wildman–Crippen MR) is 74.9 cm³/mol. The average molecular weight is 280 g/mol. The van der Waals surface area contributed by atoms with Gasteiger partial charge in [-0.3, -0.25) is 19.2 Å². The highest BCUT2D eigenvalue weighted by Gasteiger charge is 2.09. The number of carbonyl (C=O) groups excluding carboxylic acids is 4. The minimum absolute atomic E-state index is 0.105. The molecular weight excluding hydrogens is 260 g/mol. The van der Waals surface area contributed by atoms with Crippen LogP contribution in [0.15, 0.2) is 23.5 Å². The molecule has 110 valence electrons. The van der Waals surface area contributed by atoms with E-state index in [1.807, 2.05) is 0 Å². The molecule has 0 aliphatic heterocycles. The normalized spacial score (nSPS) is 9.20. The van der Waals surface area contributed by atoms with E-state index in [4.69, 9.17) is 0 Å². The third kappa shape index (κ3) is 6.63. The van der Waals surface area contributed by atoms with E-state index >= 15 is 0 Å². The van der Waals surface area contributed by atoms with Crippen LogP contribution in [0.4, 0.5) is 0 Å². The van der Waals surface area contributed by atoms with Gasteiger partial charge in [-0.1, -0.05) is 0 Å². The Kier molecular flexibility index (Phi) is 7.81. The van der Waals surface area contributed by atoms with E-state index in [9.17, 15) is 19.2 Å². The van der Waals surface area contributed by atoms with Gasteiger partial charge in [0.1, 0.15) is 0 Å². The summed E-state index contributed by atoms with van der Waals surface area (Å²) in [7, 11) is 0. The Balaban J connectivity index is 4.28. The summed E-state index contributed by atoms with van der Waals surface area (Å²) in [6.45, 7) is 6.15. The minimum Gasteiger partial charge on any atom is -0.388 e. The third-order valence-corrected chi connectivity index (χ3v) is 2.42. The number of rotatable bonds is 9. The van der Waals surface area contributed by atoms with Crippen LogP contribution in [-0.4, -0.2) is 36.2 Å². The van der Waals surface area contributed by atoms with Gasteiger partial charge in [0.05, 0.1) is 11.1 Å². The molecule has 0 rings (SSSR count). The predicted octanol–water partition coefficient (Wildman–Crippen LogP) is 0.289. The fraction of sp³-hybridized carbons (Fsp3) is 0.429. The number of allylic oxidation sites excluding steroid dienone is 2. The van der Waals surface area contributed by atoms with Crippen molar-refractivity contribution >= 4 is 23.1 Å². The lowest BCUT2D eigenvalue weighted by atomic mass is 10.1. The van der Waals surface area contributed by atoms with E-state index in [0.29, 0.717) is 13.1 Å². The molecule has 20 heavy (non-hydrogen) atoms. The second kappa shape index (κ2) is 8.79. The molecule has 0 aliphatic carbocycles. The summed E-state index contributed by atoms with van der Waals surface area (Å²) in [6, 6.07) is 0. The first-order valence-electron chi connectivity index (χ1n) is 6.18. The van der Waals surface area contributed by atoms with Crippen LogP contribution < -0.4 is 10.6 Å². The van der Waals surface area contributed by atoms with Crippen LogP contribution in [0, 0.1) is 0 Å². The molecule has 6 nitrogen and oxygen atoms in total. The Labute approximate surface area is 118 Å². The molecule has 0 aromatic rings. The van der Waals surface area contributed by atoms with E-state index in [1.165, 1.54) is 40.1 Å². The first-order chi connectivity index (χ1) is 9.27. The third-order valence-electron chi connectivity index (χ3n) is 2.42. The highest BCUT2D eigenvalue weighted by Crippen LogP contribution is 1.96. The number of hydrogen-bond donors (Lipinski definition) is 2. The van der Waals surface area contributed by atoms with Gasteiger partial charge >= 0.3 is 0 Å². The van der Waals surface area contributed by atoms with Crippen LogP contribution in [-0.2, 0) is 19.2 Å². The number of ketones is 4. The summed E-state index contributed by atoms with van der Waals surface area (Å²) in [5.74, 6) is -1.19. The first-order valence-corrected chi connectivity index (χ1v) is 6.18. The molecule has 0 saturated heterocycles. The molecule has 0 amide bonds. The van der Waals surface area contributed by atoms with Gasteiger partial charge < -0.3 is 10.6 Å². The van der Waals surface area contributed by atoms with Gasteiger partial charge in [-0.15, -0.1) is 0 Å². The lowest BCUT2D eigenvalue weighted by molar-refractivity contribution is -0.121. The van der Waals surface area contributed by atoms with E-state index in [0.717, 1.165) is 0 Å². The number of carbonyl (C=O) groups is 4. The zero-order valence-electron chi connectivity index (χ0n) is 12.2. The van der Waals surface area contributed by atoms with Gasteiger partial charge in [0.2, 0.25) is 0 Å². The van der Waals surface area contributed by atoms with E-state index in [1.54, 1.807) is 0 Å². The van der Waals surface area contributed by atoms with Crippen molar-refractivity contribution in [2.75, 3.05) is 13.1 Å². The molecule has 0 unspecified atom stereocenters. The number of nitrogens with one attached hydrogen (secondary N) is 2. The van der Waals surface area contributed by atoms with Gasteiger partial charge in [-0.2, -0.15) is 0 Å². The van der Waals surface area contributed by atoms with Gasteiger partial charge in [-0.25, -0.2) is 0 Å². The monoisotopic (exact) mass is 280 g/mol. The Morgan fingerprint density at radius 3 is 1.10 bits per heavy atom. The molecule has 2 N–H and O–H groups in total. The zero-order chi connectivity index (χ0) is 15.7. The van der Waals surface area contributed by atoms with Gasteiger partial charge in [-0.05, 0) is 27.7 Å². The number of Topliss-reactive ketones (excluding diaryl/α,β-unsaturated/α-hetero) is 4. The van der Waals surface area contributed by atoms with Crippen molar-refractivity contribution in [3.63, 3.8) is 0 Å². The van der Waals surface area contributed by atoms with Crippen molar-refractivity contribution in [3.05, 3.63) is 23.5 Å². The van der Waals surface area contributed by atoms with E-state index in [2.05, 4.69) is 10.6 Å². The maximum Gasteiger partial charge on any atom is 0.164 e. The van der Waals surface area contributed by atoms with Gasteiger partial charge in [0.15, 0.2) is 23.1 Å². The summed E-state index contributed by atoms with van der Waals surface area (Å²) in [5, 5.41) is 5.63. The first kappa shape index (κ1) is 17.8. The lowest BCUT2D eigenvalue weighted by Crippen LogP contribution is -2.23. The quantitative estimate of drug-likeness (QED) is 0.273. The molecule has 0 fully saturated rings. The van der Waals surface area contributed by atoms with Crippen molar-refractivity contribution in [2.24, 2.45) is 0 Å². The SMILES string of the molecule is CC(=O)C(=CNCCNC=C(C(C)=O)C(C)=O)C(C)=O. The van der Waals surface area contributed by atoms with Crippen molar-refractivity contribution in [2.45, 2.75) is 27.7 Å². The lowest BCUT2D eigenvalue weighted by Gasteiger charge is -2.04. The maximum absolute atomic E-state index is 11.1. The molecule has 0 atom stereocenters. The van der Waals surface area contributed by atoms with Gasteiger partial charge in [0.25, 0.3) is 0 Å². The zero-order valence-corrected chi connectivity index (χ0v) is 12.2. The molecule has 0 aromatic heterocycles. The Morgan fingerprint density at radius 2 is 0.900 bits per heavy atom. The van der Waals surface area contributed by atoms with Crippen LogP contribution in [0.25, 0.3) is 0 Å². The summed E-state index contributed by atoms with van der Waals surface area (Å²) in [6.07, 6.45) is 2.74. The van der Waals surface area contributed by atoms with Crippen molar-refractivity contribution < 1.29 is 19.2 Å². The van der Waals surface area contributed by atoms with Crippen molar-refractivity contribution in [1.82, 2.24) is 10.6 Å². The molecule has 0 aromatic carbocycles. The fourth-order valence-electron chi connectivity index (χ4n) is 1.40. The summed E-state index contributed by atoms with van der Waals surface area (Å²) in [5.41, 5.74) is 0.211. The fourth-order valence-corrected chi connectivity index (χ4v) is 1.40. The van der Waals surface area contributed by atoms with Crippen LogP contribution in [0.2, 0.25) is 0 Å². The van der Waals surface area contributed by atoms with E-state index < -0.39 is 0 Å². The highest BCUT2D eigenvalue weighted by atomic mass is 16.2. The second-order valence-electron chi connectivity index (χ2n) is 4.25. The minimum atomic E-state index is -0.298. The van der Waals surface area contributed by atoms with Crippen LogP contribution in [0.1, 0.15) is 27.7 Å². The topological polar surface area (TPSA) is 92.3 Å². The Hall–Kier alpha value is -2.24. The molecule has 0 saturated carbocycles. The molecule has 0 spiro atoms. The molecule has 0 bridgehead atoms.